The summed E-state index contributed by atoms with van der Waals surface area (Å²) in [4.78, 5) is 18.8. The second kappa shape index (κ2) is 6.42. The number of aromatic nitrogens is 1. The van der Waals surface area contributed by atoms with E-state index in [2.05, 4.69) is 18.8 Å². The van der Waals surface area contributed by atoms with Gasteiger partial charge in [0.25, 0.3) is 0 Å². The average molecular weight is 330 g/mol. The number of aliphatic hydroxyl groups is 1. The number of thiazole rings is 1. The molecule has 23 heavy (non-hydrogen) atoms. The topological polar surface area (TPSA) is 53.4 Å². The maximum absolute atomic E-state index is 12.5. The molecular formula is C18H22N2O2S. The summed E-state index contributed by atoms with van der Waals surface area (Å²) in [5.74, 6) is -0.00793. The Morgan fingerprint density at radius 3 is 3.00 bits per heavy atom. The van der Waals surface area contributed by atoms with Crippen molar-refractivity contribution in [1.82, 2.24) is 9.88 Å². The number of hydrogen-bond acceptors (Lipinski definition) is 4. The first-order valence-corrected chi connectivity index (χ1v) is 8.75. The monoisotopic (exact) mass is 330 g/mol. The summed E-state index contributed by atoms with van der Waals surface area (Å²) in [5, 5.41) is 10.8. The summed E-state index contributed by atoms with van der Waals surface area (Å²) < 4.78 is 1.12. The van der Waals surface area contributed by atoms with E-state index in [1.165, 1.54) is 0 Å². The molecule has 122 valence electrons. The maximum Gasteiger partial charge on any atom is 0.246 e. The van der Waals surface area contributed by atoms with Crippen molar-refractivity contribution < 1.29 is 9.90 Å². The Morgan fingerprint density at radius 1 is 1.43 bits per heavy atom. The summed E-state index contributed by atoms with van der Waals surface area (Å²) in [6.07, 6.45) is 4.45. The van der Waals surface area contributed by atoms with Crippen molar-refractivity contribution in [2.24, 2.45) is 5.41 Å². The Labute approximate surface area is 140 Å². The van der Waals surface area contributed by atoms with Crippen LogP contribution in [0, 0.1) is 5.41 Å². The van der Waals surface area contributed by atoms with Crippen LogP contribution in [0.2, 0.25) is 0 Å². The zero-order valence-electron chi connectivity index (χ0n) is 13.5. The van der Waals surface area contributed by atoms with Gasteiger partial charge in [0.05, 0.1) is 16.3 Å². The Bertz CT molecular complexity index is 702. The Hall–Kier alpha value is -1.72. The molecule has 4 nitrogen and oxygen atoms in total. The van der Waals surface area contributed by atoms with Crippen LogP contribution in [-0.4, -0.2) is 40.1 Å². The third-order valence-electron chi connectivity index (χ3n) is 4.13. The molecule has 1 saturated heterocycles. The van der Waals surface area contributed by atoms with Crippen LogP contribution in [0.25, 0.3) is 16.3 Å². The second-order valence-corrected chi connectivity index (χ2v) is 7.99. The van der Waals surface area contributed by atoms with Crippen LogP contribution in [0.4, 0.5) is 0 Å². The van der Waals surface area contributed by atoms with Gasteiger partial charge in [-0.15, -0.1) is 11.3 Å². The van der Waals surface area contributed by atoms with Crippen molar-refractivity contribution in [1.29, 1.82) is 0 Å². The summed E-state index contributed by atoms with van der Waals surface area (Å²) in [6, 6.07) is 7.96. The van der Waals surface area contributed by atoms with Crippen LogP contribution in [0.1, 0.15) is 31.7 Å². The molecule has 1 aliphatic heterocycles. The van der Waals surface area contributed by atoms with Crippen molar-refractivity contribution in [3.63, 3.8) is 0 Å². The minimum Gasteiger partial charge on any atom is -0.393 e. The van der Waals surface area contributed by atoms with Gasteiger partial charge in [0.1, 0.15) is 5.01 Å². The van der Waals surface area contributed by atoms with Gasteiger partial charge in [-0.25, -0.2) is 4.98 Å². The normalized spacial score (nSPS) is 21.7. The number of carbonyl (C=O) groups is 1. The zero-order chi connectivity index (χ0) is 16.4. The van der Waals surface area contributed by atoms with E-state index in [1.807, 2.05) is 29.2 Å². The first kappa shape index (κ1) is 16.1. The summed E-state index contributed by atoms with van der Waals surface area (Å²) in [5.41, 5.74) is 0.901. The van der Waals surface area contributed by atoms with Crippen molar-refractivity contribution in [3.8, 4) is 0 Å². The van der Waals surface area contributed by atoms with Crippen LogP contribution in [0.3, 0.4) is 0 Å². The quantitative estimate of drug-likeness (QED) is 0.860. The lowest BCUT2D eigenvalue weighted by atomic mass is 9.87. The first-order valence-electron chi connectivity index (χ1n) is 7.94. The summed E-state index contributed by atoms with van der Waals surface area (Å²) in [7, 11) is 0. The van der Waals surface area contributed by atoms with Gasteiger partial charge in [-0.05, 0) is 36.5 Å². The molecule has 0 saturated carbocycles. The Morgan fingerprint density at radius 2 is 2.22 bits per heavy atom. The van der Waals surface area contributed by atoms with Gasteiger partial charge in [-0.3, -0.25) is 4.79 Å². The highest BCUT2D eigenvalue weighted by molar-refractivity contribution is 7.19. The van der Waals surface area contributed by atoms with E-state index in [-0.39, 0.29) is 17.4 Å². The van der Waals surface area contributed by atoms with E-state index in [0.717, 1.165) is 21.6 Å². The van der Waals surface area contributed by atoms with E-state index in [1.54, 1.807) is 23.5 Å². The molecule has 1 unspecified atom stereocenters. The molecule has 0 aliphatic carbocycles. The zero-order valence-corrected chi connectivity index (χ0v) is 14.3. The summed E-state index contributed by atoms with van der Waals surface area (Å²) >= 11 is 1.58. The van der Waals surface area contributed by atoms with Crippen LogP contribution in [-0.2, 0) is 4.79 Å². The standard InChI is InChI=1S/C18H22N2O2S/c1-18(2)11-13(21)9-10-20(12-18)17(22)8-7-16-19-14-5-3-4-6-15(14)23-16/h3-8,13,21H,9-12H2,1-2H3/b8-7+. The number of para-hydroxylation sites is 1. The second-order valence-electron chi connectivity index (χ2n) is 6.92. The fourth-order valence-electron chi connectivity index (χ4n) is 3.10. The van der Waals surface area contributed by atoms with Gasteiger partial charge in [0.15, 0.2) is 0 Å². The van der Waals surface area contributed by atoms with Crippen LogP contribution in [0.15, 0.2) is 30.3 Å². The number of amides is 1. The number of nitrogens with zero attached hydrogens (tertiary/aromatic N) is 2. The van der Waals surface area contributed by atoms with Gasteiger partial charge in [0, 0.05) is 19.2 Å². The van der Waals surface area contributed by atoms with E-state index in [4.69, 9.17) is 0 Å². The highest BCUT2D eigenvalue weighted by Gasteiger charge is 2.30. The molecule has 5 heteroatoms. The number of aliphatic hydroxyl groups excluding tert-OH is 1. The fraction of sp³-hybridized carbons (Fsp3) is 0.444. The first-order chi connectivity index (χ1) is 10.9. The minimum atomic E-state index is -0.323. The largest absolute Gasteiger partial charge is 0.393 e. The van der Waals surface area contributed by atoms with Crippen LogP contribution >= 0.6 is 11.3 Å². The summed E-state index contributed by atoms with van der Waals surface area (Å²) in [6.45, 7) is 5.47. The highest BCUT2D eigenvalue weighted by atomic mass is 32.1. The lowest BCUT2D eigenvalue weighted by Gasteiger charge is -2.29. The number of fused-ring (bicyclic) bond motifs is 1. The van der Waals surface area contributed by atoms with Crippen LogP contribution in [0.5, 0.6) is 0 Å². The molecule has 0 bridgehead atoms. The number of hydrogen-bond donors (Lipinski definition) is 1. The van der Waals surface area contributed by atoms with Crippen molar-refractivity contribution in [3.05, 3.63) is 35.3 Å². The predicted molar refractivity (Wildman–Crippen MR) is 94.3 cm³/mol. The third kappa shape index (κ3) is 3.98. The molecule has 0 radical (unpaired) electrons. The van der Waals surface area contributed by atoms with Gasteiger partial charge in [-0.2, -0.15) is 0 Å². The minimum absolute atomic E-state index is 0.00793. The molecule has 1 atom stereocenters. The molecule has 1 aliphatic rings. The molecular weight excluding hydrogens is 308 g/mol. The molecule has 2 aromatic rings. The molecule has 2 heterocycles. The number of benzene rings is 1. The predicted octanol–water partition coefficient (Wildman–Crippen LogP) is 3.32. The lowest BCUT2D eigenvalue weighted by Crippen LogP contribution is -2.36. The number of rotatable bonds is 2. The number of carbonyl (C=O) groups excluding carboxylic acids is 1. The molecule has 1 amide bonds. The molecule has 0 spiro atoms. The van der Waals surface area contributed by atoms with Crippen molar-refractivity contribution in [2.75, 3.05) is 13.1 Å². The van der Waals surface area contributed by atoms with E-state index < -0.39 is 0 Å². The fourth-order valence-corrected chi connectivity index (χ4v) is 3.97. The SMILES string of the molecule is CC1(C)CC(O)CCN(C(=O)/C=C/c2nc3ccccc3s2)C1. The smallest absolute Gasteiger partial charge is 0.246 e. The van der Waals surface area contributed by atoms with E-state index in [9.17, 15) is 9.90 Å². The molecule has 3 rings (SSSR count). The molecule has 1 aromatic heterocycles. The van der Waals surface area contributed by atoms with Gasteiger partial charge < -0.3 is 10.0 Å². The average Bonchev–Trinajstić information content (AvgIpc) is 2.84. The highest BCUT2D eigenvalue weighted by Crippen LogP contribution is 2.28. The number of likely N-dealkylation sites (tertiary alicyclic amines) is 1. The Kier molecular flexibility index (Phi) is 4.50. The molecule has 1 aromatic carbocycles. The van der Waals surface area contributed by atoms with E-state index in [0.29, 0.717) is 19.5 Å². The Balaban J connectivity index is 1.72. The lowest BCUT2D eigenvalue weighted by molar-refractivity contribution is -0.127. The van der Waals surface area contributed by atoms with Gasteiger partial charge >= 0.3 is 0 Å². The maximum atomic E-state index is 12.5. The van der Waals surface area contributed by atoms with Crippen molar-refractivity contribution in [2.45, 2.75) is 32.8 Å². The molecule has 1 N–H and O–H groups in total. The third-order valence-corrected chi connectivity index (χ3v) is 5.13. The van der Waals surface area contributed by atoms with Gasteiger partial charge in [-0.1, -0.05) is 26.0 Å². The van der Waals surface area contributed by atoms with E-state index >= 15 is 0 Å². The van der Waals surface area contributed by atoms with Gasteiger partial charge in [0.2, 0.25) is 5.91 Å². The van der Waals surface area contributed by atoms with Crippen molar-refractivity contribution >= 4 is 33.5 Å². The molecule has 1 fully saturated rings. The van der Waals surface area contributed by atoms with Crippen LogP contribution < -0.4 is 0 Å².